The van der Waals surface area contributed by atoms with Crippen molar-refractivity contribution in [1.29, 1.82) is 0 Å². The lowest BCUT2D eigenvalue weighted by molar-refractivity contribution is 0.414. The largest absolute Gasteiger partial charge is 0.497 e. The summed E-state index contributed by atoms with van der Waals surface area (Å²) in [7, 11) is 1.67. The second kappa shape index (κ2) is 5.63. The number of hydrogen-bond donors (Lipinski definition) is 1. The fourth-order valence-electron chi connectivity index (χ4n) is 1.64. The normalized spacial score (nSPS) is 10.4. The van der Waals surface area contributed by atoms with Gasteiger partial charge in [0.15, 0.2) is 0 Å². The Bertz CT molecular complexity index is 533. The molecule has 0 saturated carbocycles. The van der Waals surface area contributed by atoms with Crippen LogP contribution in [0.3, 0.4) is 0 Å². The van der Waals surface area contributed by atoms with Gasteiger partial charge in [-0.3, -0.25) is 0 Å². The number of H-pyrrole nitrogens is 1. The first-order valence-electron chi connectivity index (χ1n) is 5.45. The van der Waals surface area contributed by atoms with E-state index < -0.39 is 0 Å². The van der Waals surface area contributed by atoms with Crippen molar-refractivity contribution in [1.82, 2.24) is 10.2 Å². The first-order valence-corrected chi connectivity index (χ1v) is 5.86. The predicted molar refractivity (Wildman–Crippen MR) is 66.7 cm³/mol. The van der Waals surface area contributed by atoms with Gasteiger partial charge in [0, 0.05) is 6.42 Å². The maximum atomic E-state index is 5.19. The molecule has 0 bridgehead atoms. The topological polar surface area (TPSA) is 51.0 Å². The number of ether oxygens (including phenoxy) is 1. The van der Waals surface area contributed by atoms with Gasteiger partial charge in [-0.2, -0.15) is 0 Å². The molecule has 0 aliphatic rings. The maximum absolute atomic E-state index is 5.19. The van der Waals surface area contributed by atoms with Crippen LogP contribution in [0.25, 0.3) is 0 Å². The number of nitrogens with zero attached hydrogens (tertiary/aromatic N) is 1. The summed E-state index contributed by atoms with van der Waals surface area (Å²) in [6, 6.07) is 8.06. The van der Waals surface area contributed by atoms with Crippen LogP contribution in [-0.2, 0) is 12.8 Å². The summed E-state index contributed by atoms with van der Waals surface area (Å²) in [5.41, 5.74) is 1.25. The highest BCUT2D eigenvalue weighted by Crippen LogP contribution is 2.14. The van der Waals surface area contributed by atoms with E-state index >= 15 is 0 Å². The molecular formula is C12H14N2O2S. The third-order valence-electron chi connectivity index (χ3n) is 2.47. The molecule has 1 N–H and O–H groups in total. The first-order chi connectivity index (χ1) is 8.28. The van der Waals surface area contributed by atoms with Crippen molar-refractivity contribution in [2.24, 2.45) is 0 Å². The molecule has 0 atom stereocenters. The van der Waals surface area contributed by atoms with Crippen molar-refractivity contribution in [3.8, 4) is 5.75 Å². The van der Waals surface area contributed by atoms with E-state index in [0.717, 1.165) is 25.0 Å². The molecule has 0 unspecified atom stereocenters. The lowest BCUT2D eigenvalue weighted by Crippen LogP contribution is -1.91. The van der Waals surface area contributed by atoms with Gasteiger partial charge in [0.2, 0.25) is 5.89 Å². The summed E-state index contributed by atoms with van der Waals surface area (Å²) >= 11 is 4.81. The summed E-state index contributed by atoms with van der Waals surface area (Å²) in [4.78, 5) is 0.335. The molecule has 1 heterocycles. The molecule has 2 rings (SSSR count). The second-order valence-corrected chi connectivity index (χ2v) is 4.08. The van der Waals surface area contributed by atoms with Crippen LogP contribution in [0, 0.1) is 4.84 Å². The van der Waals surface area contributed by atoms with Gasteiger partial charge < -0.3 is 9.15 Å². The van der Waals surface area contributed by atoms with Crippen molar-refractivity contribution >= 4 is 12.2 Å². The van der Waals surface area contributed by atoms with Crippen molar-refractivity contribution in [2.45, 2.75) is 19.3 Å². The third-order valence-corrected chi connectivity index (χ3v) is 2.65. The highest BCUT2D eigenvalue weighted by Gasteiger charge is 2.01. The number of methoxy groups -OCH3 is 1. The van der Waals surface area contributed by atoms with Crippen LogP contribution in [0.15, 0.2) is 28.7 Å². The van der Waals surface area contributed by atoms with Crippen LogP contribution in [0.5, 0.6) is 5.75 Å². The molecule has 0 radical (unpaired) electrons. The number of nitrogens with one attached hydrogen (secondary N) is 1. The Morgan fingerprint density at radius 1 is 1.41 bits per heavy atom. The Hall–Kier alpha value is -1.62. The van der Waals surface area contributed by atoms with Gasteiger partial charge in [0.1, 0.15) is 5.75 Å². The van der Waals surface area contributed by atoms with Crippen LogP contribution < -0.4 is 4.74 Å². The zero-order valence-electron chi connectivity index (χ0n) is 9.60. The zero-order chi connectivity index (χ0) is 12.1. The first kappa shape index (κ1) is 11.9. The van der Waals surface area contributed by atoms with Crippen LogP contribution in [-0.4, -0.2) is 17.3 Å². The Morgan fingerprint density at radius 3 is 3.00 bits per heavy atom. The fourth-order valence-corrected chi connectivity index (χ4v) is 1.78. The van der Waals surface area contributed by atoms with Gasteiger partial charge in [-0.1, -0.05) is 12.1 Å². The number of hydrogen-bond acceptors (Lipinski definition) is 4. The molecule has 0 aliphatic carbocycles. The predicted octanol–water partition coefficient (Wildman–Crippen LogP) is 2.92. The molecule has 0 fully saturated rings. The lowest BCUT2D eigenvalue weighted by Gasteiger charge is -2.03. The number of aromatic nitrogens is 2. The molecule has 0 aliphatic heterocycles. The lowest BCUT2D eigenvalue weighted by atomic mass is 10.1. The molecule has 2 aromatic rings. The van der Waals surface area contributed by atoms with Gasteiger partial charge in [0.05, 0.1) is 7.11 Å². The van der Waals surface area contributed by atoms with E-state index in [1.165, 1.54) is 5.56 Å². The summed E-state index contributed by atoms with van der Waals surface area (Å²) in [5.74, 6) is 1.55. The highest BCUT2D eigenvalue weighted by atomic mass is 32.1. The molecular weight excluding hydrogens is 236 g/mol. The zero-order valence-corrected chi connectivity index (χ0v) is 10.4. The Kier molecular flexibility index (Phi) is 3.93. The Morgan fingerprint density at radius 2 is 2.29 bits per heavy atom. The minimum absolute atomic E-state index is 0.335. The standard InChI is InChI=1S/C12H14N2O2S/c1-15-10-6-2-4-9(8-10)5-3-7-11-13-14-12(17)16-11/h2,4,6,8H,3,5,7H2,1H3,(H,14,17). The van der Waals surface area contributed by atoms with E-state index in [2.05, 4.69) is 16.3 Å². The summed E-state index contributed by atoms with van der Waals surface area (Å²) < 4.78 is 10.4. The fraction of sp³-hybridized carbons (Fsp3) is 0.333. The van der Waals surface area contributed by atoms with Crippen molar-refractivity contribution in [3.63, 3.8) is 0 Å². The quantitative estimate of drug-likeness (QED) is 0.829. The molecule has 0 amide bonds. The van der Waals surface area contributed by atoms with Crippen LogP contribution >= 0.6 is 12.2 Å². The van der Waals surface area contributed by atoms with E-state index in [4.69, 9.17) is 21.4 Å². The molecule has 1 aromatic heterocycles. The minimum Gasteiger partial charge on any atom is -0.497 e. The SMILES string of the molecule is COc1cccc(CCCc2n[nH]c(=S)o2)c1. The van der Waals surface area contributed by atoms with Crippen molar-refractivity contribution in [2.75, 3.05) is 7.11 Å². The maximum Gasteiger partial charge on any atom is 0.284 e. The Labute approximate surface area is 105 Å². The van der Waals surface area contributed by atoms with E-state index in [1.807, 2.05) is 18.2 Å². The summed E-state index contributed by atoms with van der Waals surface area (Å²) in [6.07, 6.45) is 2.72. The summed E-state index contributed by atoms with van der Waals surface area (Å²) in [5, 5.41) is 6.57. The van der Waals surface area contributed by atoms with Crippen molar-refractivity contribution in [3.05, 3.63) is 40.6 Å². The number of benzene rings is 1. The molecule has 0 spiro atoms. The number of aryl methyl sites for hydroxylation is 2. The Balaban J connectivity index is 1.87. The van der Waals surface area contributed by atoms with Crippen LogP contribution in [0.1, 0.15) is 17.9 Å². The number of aromatic amines is 1. The van der Waals surface area contributed by atoms with E-state index in [0.29, 0.717) is 10.7 Å². The van der Waals surface area contributed by atoms with Gasteiger partial charge >= 0.3 is 0 Å². The van der Waals surface area contributed by atoms with Gasteiger partial charge in [0.25, 0.3) is 4.84 Å². The van der Waals surface area contributed by atoms with Gasteiger partial charge in [-0.05, 0) is 42.8 Å². The second-order valence-electron chi connectivity index (χ2n) is 3.71. The van der Waals surface area contributed by atoms with Crippen LogP contribution in [0.2, 0.25) is 0 Å². The molecule has 5 heteroatoms. The van der Waals surface area contributed by atoms with Gasteiger partial charge in [-0.15, -0.1) is 5.10 Å². The average molecular weight is 250 g/mol. The molecule has 90 valence electrons. The van der Waals surface area contributed by atoms with Crippen molar-refractivity contribution < 1.29 is 9.15 Å². The van der Waals surface area contributed by atoms with Crippen LogP contribution in [0.4, 0.5) is 0 Å². The number of rotatable bonds is 5. The average Bonchev–Trinajstić information content (AvgIpc) is 2.75. The monoisotopic (exact) mass is 250 g/mol. The van der Waals surface area contributed by atoms with E-state index in [-0.39, 0.29) is 0 Å². The smallest absolute Gasteiger partial charge is 0.284 e. The third kappa shape index (κ3) is 3.42. The highest BCUT2D eigenvalue weighted by molar-refractivity contribution is 7.71. The molecule has 4 nitrogen and oxygen atoms in total. The van der Waals surface area contributed by atoms with E-state index in [9.17, 15) is 0 Å². The molecule has 1 aromatic carbocycles. The van der Waals surface area contributed by atoms with E-state index in [1.54, 1.807) is 7.11 Å². The molecule has 17 heavy (non-hydrogen) atoms. The molecule has 0 saturated heterocycles. The van der Waals surface area contributed by atoms with Gasteiger partial charge in [-0.25, -0.2) is 5.10 Å². The minimum atomic E-state index is 0.335. The summed E-state index contributed by atoms with van der Waals surface area (Å²) in [6.45, 7) is 0.